The van der Waals surface area contributed by atoms with Crippen LogP contribution >= 0.6 is 11.8 Å². The van der Waals surface area contributed by atoms with Crippen LogP contribution in [0.3, 0.4) is 0 Å². The minimum atomic E-state index is -1.53. The van der Waals surface area contributed by atoms with Crippen LogP contribution in [-0.4, -0.2) is 28.8 Å². The zero-order chi connectivity index (χ0) is 12.6. The minimum Gasteiger partial charge on any atom is -0.474 e. The molecule has 2 rings (SSSR count). The van der Waals surface area contributed by atoms with Gasteiger partial charge in [-0.1, -0.05) is 6.92 Å². The van der Waals surface area contributed by atoms with E-state index in [4.69, 9.17) is 5.11 Å². The van der Waals surface area contributed by atoms with E-state index in [0.717, 1.165) is 9.80 Å². The first kappa shape index (κ1) is 11.9. The second-order valence-electron chi connectivity index (χ2n) is 3.76. The molecule has 0 bridgehead atoms. The topological polar surface area (TPSA) is 57.6 Å². The van der Waals surface area contributed by atoms with E-state index < -0.39 is 17.7 Å². The van der Waals surface area contributed by atoms with Crippen molar-refractivity contribution in [2.24, 2.45) is 0 Å². The molecule has 0 aromatic heterocycles. The number of halogens is 1. The van der Waals surface area contributed by atoms with Gasteiger partial charge in [-0.2, -0.15) is 0 Å². The minimum absolute atomic E-state index is 0.0799. The molecule has 1 heterocycles. The second-order valence-corrected chi connectivity index (χ2v) is 5.24. The molecule has 90 valence electrons. The maximum Gasteiger partial charge on any atom is 0.394 e. The van der Waals surface area contributed by atoms with Gasteiger partial charge in [0.05, 0.1) is 5.69 Å². The van der Waals surface area contributed by atoms with Crippen LogP contribution in [0.2, 0.25) is 0 Å². The molecule has 0 spiro atoms. The molecular formula is C11H10FNO3S. The van der Waals surface area contributed by atoms with Gasteiger partial charge in [0, 0.05) is 16.7 Å². The molecule has 1 N–H and O–H groups in total. The van der Waals surface area contributed by atoms with Gasteiger partial charge in [-0.05, 0) is 18.2 Å². The van der Waals surface area contributed by atoms with Crippen molar-refractivity contribution in [3.8, 4) is 0 Å². The predicted octanol–water partition coefficient (Wildman–Crippen LogP) is 1.74. The molecule has 1 aliphatic rings. The molecule has 1 unspecified atom stereocenters. The van der Waals surface area contributed by atoms with E-state index in [1.807, 2.05) is 6.92 Å². The molecule has 1 amide bonds. The van der Waals surface area contributed by atoms with Crippen molar-refractivity contribution in [2.45, 2.75) is 17.1 Å². The van der Waals surface area contributed by atoms with E-state index in [2.05, 4.69) is 0 Å². The van der Waals surface area contributed by atoms with E-state index in [9.17, 15) is 14.0 Å². The number of nitrogens with zero attached hydrogens (tertiary/aromatic N) is 1. The van der Waals surface area contributed by atoms with Gasteiger partial charge in [-0.25, -0.2) is 9.18 Å². The van der Waals surface area contributed by atoms with E-state index in [0.29, 0.717) is 5.69 Å². The number of carboxylic acids is 1. The average molecular weight is 255 g/mol. The lowest BCUT2D eigenvalue weighted by Gasteiger charge is -2.31. The molecule has 17 heavy (non-hydrogen) atoms. The van der Waals surface area contributed by atoms with Crippen molar-refractivity contribution in [1.29, 1.82) is 0 Å². The molecule has 1 atom stereocenters. The molecule has 4 nitrogen and oxygen atoms in total. The highest BCUT2D eigenvalue weighted by Crippen LogP contribution is 2.38. The third-order valence-corrected chi connectivity index (χ3v) is 3.56. The van der Waals surface area contributed by atoms with Gasteiger partial charge in [0.2, 0.25) is 0 Å². The summed E-state index contributed by atoms with van der Waals surface area (Å²) in [5.74, 6) is -3.04. The molecule has 0 aliphatic carbocycles. The SMILES string of the molecule is CC1CN(C(=O)C(=O)O)c2cc(F)ccc2S1. The van der Waals surface area contributed by atoms with Crippen molar-refractivity contribution in [1.82, 2.24) is 0 Å². The summed E-state index contributed by atoms with van der Waals surface area (Å²) in [6.45, 7) is 2.16. The lowest BCUT2D eigenvalue weighted by molar-refractivity contribution is -0.148. The molecule has 0 saturated heterocycles. The Hall–Kier alpha value is -1.56. The summed E-state index contributed by atoms with van der Waals surface area (Å²) >= 11 is 1.50. The fraction of sp³-hybridized carbons (Fsp3) is 0.273. The highest BCUT2D eigenvalue weighted by atomic mass is 32.2. The summed E-state index contributed by atoms with van der Waals surface area (Å²) in [4.78, 5) is 24.1. The molecule has 0 fully saturated rings. The first-order valence-corrected chi connectivity index (χ1v) is 5.88. The number of carbonyl (C=O) groups excluding carboxylic acids is 1. The predicted molar refractivity (Wildman–Crippen MR) is 61.7 cm³/mol. The van der Waals surface area contributed by atoms with Gasteiger partial charge in [-0.15, -0.1) is 11.8 Å². The van der Waals surface area contributed by atoms with Gasteiger partial charge in [0.1, 0.15) is 5.82 Å². The Kier molecular flexibility index (Phi) is 3.06. The first-order valence-electron chi connectivity index (χ1n) is 5.00. The summed E-state index contributed by atoms with van der Waals surface area (Å²) in [6, 6.07) is 4.05. The van der Waals surface area contributed by atoms with Crippen LogP contribution in [0.25, 0.3) is 0 Å². The third kappa shape index (κ3) is 2.26. The average Bonchev–Trinajstić information content (AvgIpc) is 2.27. The fourth-order valence-electron chi connectivity index (χ4n) is 1.72. The summed E-state index contributed by atoms with van der Waals surface area (Å²) in [5.41, 5.74) is 0.334. The quantitative estimate of drug-likeness (QED) is 0.717. The normalized spacial score (nSPS) is 18.7. The monoisotopic (exact) mass is 255 g/mol. The number of rotatable bonds is 0. The van der Waals surface area contributed by atoms with E-state index in [1.165, 1.54) is 23.9 Å². The van der Waals surface area contributed by atoms with E-state index in [-0.39, 0.29) is 11.8 Å². The van der Waals surface area contributed by atoms with Crippen molar-refractivity contribution < 1.29 is 19.1 Å². The van der Waals surface area contributed by atoms with Gasteiger partial charge in [0.25, 0.3) is 0 Å². The van der Waals surface area contributed by atoms with Crippen LogP contribution in [0.5, 0.6) is 0 Å². The van der Waals surface area contributed by atoms with Crippen LogP contribution < -0.4 is 4.90 Å². The number of aliphatic carboxylic acids is 1. The molecule has 0 saturated carbocycles. The van der Waals surface area contributed by atoms with Crippen molar-refractivity contribution in [2.75, 3.05) is 11.4 Å². The Labute approximate surface area is 101 Å². The number of carbonyl (C=O) groups is 2. The van der Waals surface area contributed by atoms with Crippen LogP contribution in [-0.2, 0) is 9.59 Å². The standard InChI is InChI=1S/C11H10FNO3S/c1-6-5-13(10(14)11(15)16)8-4-7(12)2-3-9(8)17-6/h2-4,6H,5H2,1H3,(H,15,16). The lowest BCUT2D eigenvalue weighted by Crippen LogP contribution is -2.42. The Balaban J connectivity index is 2.46. The van der Waals surface area contributed by atoms with Crippen LogP contribution in [0, 0.1) is 5.82 Å². The zero-order valence-electron chi connectivity index (χ0n) is 9.01. The number of thioether (sulfide) groups is 1. The van der Waals surface area contributed by atoms with Gasteiger partial charge in [-0.3, -0.25) is 4.79 Å². The molecular weight excluding hydrogens is 245 g/mol. The highest BCUT2D eigenvalue weighted by Gasteiger charge is 2.30. The number of hydrogen-bond donors (Lipinski definition) is 1. The Bertz CT molecular complexity index is 492. The smallest absolute Gasteiger partial charge is 0.394 e. The maximum atomic E-state index is 13.1. The Morgan fingerprint density at radius 1 is 1.53 bits per heavy atom. The molecule has 1 aromatic rings. The number of fused-ring (bicyclic) bond motifs is 1. The van der Waals surface area contributed by atoms with Crippen molar-refractivity contribution >= 4 is 29.3 Å². The van der Waals surface area contributed by atoms with Crippen LogP contribution in [0.4, 0.5) is 10.1 Å². The van der Waals surface area contributed by atoms with Crippen molar-refractivity contribution in [3.63, 3.8) is 0 Å². The number of anilines is 1. The van der Waals surface area contributed by atoms with E-state index >= 15 is 0 Å². The number of carboxylic acid groups (broad SMARTS) is 1. The second kappa shape index (κ2) is 4.37. The molecule has 6 heteroatoms. The third-order valence-electron chi connectivity index (χ3n) is 2.41. The number of amides is 1. The fourth-order valence-corrected chi connectivity index (χ4v) is 2.81. The number of hydrogen-bond acceptors (Lipinski definition) is 3. The highest BCUT2D eigenvalue weighted by molar-refractivity contribution is 8.00. The largest absolute Gasteiger partial charge is 0.474 e. The molecule has 1 aromatic carbocycles. The van der Waals surface area contributed by atoms with Crippen LogP contribution in [0.1, 0.15) is 6.92 Å². The summed E-state index contributed by atoms with van der Waals surface area (Å²) in [7, 11) is 0. The molecule has 0 radical (unpaired) electrons. The summed E-state index contributed by atoms with van der Waals surface area (Å²) in [6.07, 6.45) is 0. The van der Waals surface area contributed by atoms with Gasteiger partial charge in [0.15, 0.2) is 0 Å². The number of benzene rings is 1. The van der Waals surface area contributed by atoms with Gasteiger partial charge < -0.3 is 10.0 Å². The van der Waals surface area contributed by atoms with Gasteiger partial charge >= 0.3 is 11.9 Å². The summed E-state index contributed by atoms with van der Waals surface area (Å²) in [5, 5.41) is 8.80. The summed E-state index contributed by atoms with van der Waals surface area (Å²) < 4.78 is 13.1. The van der Waals surface area contributed by atoms with Crippen LogP contribution in [0.15, 0.2) is 23.1 Å². The lowest BCUT2D eigenvalue weighted by atomic mass is 10.2. The maximum absolute atomic E-state index is 13.1. The van der Waals surface area contributed by atoms with Crippen molar-refractivity contribution in [3.05, 3.63) is 24.0 Å². The zero-order valence-corrected chi connectivity index (χ0v) is 9.83. The Morgan fingerprint density at radius 2 is 2.24 bits per heavy atom. The van der Waals surface area contributed by atoms with E-state index in [1.54, 1.807) is 6.07 Å². The first-order chi connectivity index (χ1) is 7.99. The molecule has 1 aliphatic heterocycles. The Morgan fingerprint density at radius 3 is 2.88 bits per heavy atom.